The molecule has 0 heterocycles. The molecule has 0 aliphatic carbocycles. The highest BCUT2D eigenvalue weighted by molar-refractivity contribution is 7.84. The number of amides is 1. The quantitative estimate of drug-likeness (QED) is 0.825. The first-order valence-corrected chi connectivity index (χ1v) is 7.62. The van der Waals surface area contributed by atoms with Crippen molar-refractivity contribution >= 4 is 22.4 Å². The Kier molecular flexibility index (Phi) is 6.01. The number of hydrogen-bond acceptors (Lipinski definition) is 3. The summed E-state index contributed by atoms with van der Waals surface area (Å²) in [6.07, 6.45) is 1.70. The third-order valence-corrected chi connectivity index (χ3v) is 3.33. The molecule has 4 nitrogen and oxygen atoms in total. The summed E-state index contributed by atoms with van der Waals surface area (Å²) in [4.78, 5) is 11.0. The molecule has 100 valence electrons. The Morgan fingerprint density at radius 2 is 2.17 bits per heavy atom. The summed E-state index contributed by atoms with van der Waals surface area (Å²) >= 11 is 0. The largest absolute Gasteiger partial charge is 0.326 e. The summed E-state index contributed by atoms with van der Waals surface area (Å²) in [6.45, 7) is 4.25. The number of anilines is 1. The number of carbonyl (C=O) groups excluding carboxylic acids is 1. The molecule has 18 heavy (non-hydrogen) atoms. The molecule has 2 unspecified atom stereocenters. The van der Waals surface area contributed by atoms with Gasteiger partial charge < -0.3 is 10.6 Å². The van der Waals surface area contributed by atoms with Gasteiger partial charge in [0, 0.05) is 48.0 Å². The van der Waals surface area contributed by atoms with Crippen molar-refractivity contribution in [3.8, 4) is 0 Å². The zero-order valence-corrected chi connectivity index (χ0v) is 11.8. The highest BCUT2D eigenvalue weighted by Gasteiger charge is 2.06. The molecule has 5 heteroatoms. The van der Waals surface area contributed by atoms with Gasteiger partial charge in [0.25, 0.3) is 0 Å². The van der Waals surface area contributed by atoms with Crippen molar-refractivity contribution in [2.24, 2.45) is 0 Å². The fourth-order valence-corrected chi connectivity index (χ4v) is 2.03. The number of rotatable bonds is 6. The van der Waals surface area contributed by atoms with Crippen LogP contribution < -0.4 is 10.6 Å². The lowest BCUT2D eigenvalue weighted by molar-refractivity contribution is -0.114. The number of hydrogen-bond donors (Lipinski definition) is 2. The van der Waals surface area contributed by atoms with Crippen LogP contribution in [0.1, 0.15) is 25.5 Å². The maximum atomic E-state index is 11.0. The minimum absolute atomic E-state index is 0.0749. The van der Waals surface area contributed by atoms with Crippen molar-refractivity contribution in [1.29, 1.82) is 0 Å². The molecule has 0 aromatic heterocycles. The van der Waals surface area contributed by atoms with Gasteiger partial charge in [-0.05, 0) is 24.6 Å². The molecule has 2 atom stereocenters. The lowest BCUT2D eigenvalue weighted by atomic mass is 10.1. The van der Waals surface area contributed by atoms with E-state index in [-0.39, 0.29) is 11.9 Å². The first-order valence-electron chi connectivity index (χ1n) is 5.90. The molecule has 0 radical (unpaired) electrons. The lowest BCUT2D eigenvalue weighted by Gasteiger charge is -2.15. The molecule has 1 rings (SSSR count). The second-order valence-corrected chi connectivity index (χ2v) is 5.81. The maximum absolute atomic E-state index is 11.0. The van der Waals surface area contributed by atoms with Crippen LogP contribution in [0.5, 0.6) is 0 Å². The van der Waals surface area contributed by atoms with Gasteiger partial charge in [-0.3, -0.25) is 9.00 Å². The summed E-state index contributed by atoms with van der Waals surface area (Å²) in [5.74, 6) is 0.574. The molecule has 0 aliphatic heterocycles. The topological polar surface area (TPSA) is 58.2 Å². The van der Waals surface area contributed by atoms with E-state index in [9.17, 15) is 9.00 Å². The van der Waals surface area contributed by atoms with Crippen LogP contribution in [0, 0.1) is 0 Å². The second kappa shape index (κ2) is 7.28. The normalized spacial score (nSPS) is 13.9. The van der Waals surface area contributed by atoms with Crippen molar-refractivity contribution in [2.75, 3.05) is 23.9 Å². The van der Waals surface area contributed by atoms with E-state index in [4.69, 9.17) is 0 Å². The predicted octanol–water partition coefficient (Wildman–Crippen LogP) is 1.67. The summed E-state index contributed by atoms with van der Waals surface area (Å²) < 4.78 is 11.0. The van der Waals surface area contributed by atoms with Gasteiger partial charge in [-0.25, -0.2) is 0 Å². The highest BCUT2D eigenvalue weighted by atomic mass is 32.2. The molecular formula is C13H20N2O2S. The van der Waals surface area contributed by atoms with Crippen molar-refractivity contribution in [2.45, 2.75) is 19.9 Å². The summed E-state index contributed by atoms with van der Waals surface area (Å²) in [5, 5.41) is 6.06. The highest BCUT2D eigenvalue weighted by Crippen LogP contribution is 2.17. The Balaban J connectivity index is 2.59. The second-order valence-electron chi connectivity index (χ2n) is 4.26. The molecule has 0 saturated heterocycles. The van der Waals surface area contributed by atoms with E-state index in [0.717, 1.165) is 11.3 Å². The van der Waals surface area contributed by atoms with Gasteiger partial charge in [0.05, 0.1) is 0 Å². The Hall–Kier alpha value is -1.20. The van der Waals surface area contributed by atoms with E-state index in [2.05, 4.69) is 10.6 Å². The van der Waals surface area contributed by atoms with Crippen LogP contribution in [0.25, 0.3) is 0 Å². The minimum Gasteiger partial charge on any atom is -0.326 e. The standard InChI is InChI=1S/C13H20N2O2S/c1-10(14-7-8-18(3)17)12-5-4-6-13(9-12)15-11(2)16/h4-6,9-10,14H,7-8H2,1-3H3,(H,15,16). The van der Waals surface area contributed by atoms with Crippen LogP contribution in [-0.4, -0.2) is 28.7 Å². The molecule has 0 spiro atoms. The third kappa shape index (κ3) is 5.42. The third-order valence-electron chi connectivity index (χ3n) is 2.55. The zero-order chi connectivity index (χ0) is 13.5. The number of nitrogens with one attached hydrogen (secondary N) is 2. The molecule has 1 aromatic carbocycles. The Bertz CT molecular complexity index is 435. The van der Waals surface area contributed by atoms with Gasteiger partial charge in [0.1, 0.15) is 0 Å². The molecular weight excluding hydrogens is 248 g/mol. The van der Waals surface area contributed by atoms with Gasteiger partial charge in [0.15, 0.2) is 0 Å². The van der Waals surface area contributed by atoms with E-state index in [1.165, 1.54) is 6.92 Å². The molecule has 2 N–H and O–H groups in total. The van der Waals surface area contributed by atoms with Gasteiger partial charge in [0.2, 0.25) is 5.91 Å². The van der Waals surface area contributed by atoms with Crippen LogP contribution in [0.3, 0.4) is 0 Å². The van der Waals surface area contributed by atoms with Crippen LogP contribution in [0.2, 0.25) is 0 Å². The summed E-state index contributed by atoms with van der Waals surface area (Å²) in [5.41, 5.74) is 1.90. The first-order chi connectivity index (χ1) is 8.49. The molecule has 1 amide bonds. The van der Waals surface area contributed by atoms with Crippen molar-refractivity contribution in [3.05, 3.63) is 29.8 Å². The molecule has 0 fully saturated rings. The molecule has 0 aliphatic rings. The van der Waals surface area contributed by atoms with E-state index in [0.29, 0.717) is 12.3 Å². The number of carbonyl (C=O) groups is 1. The van der Waals surface area contributed by atoms with Crippen LogP contribution in [0.15, 0.2) is 24.3 Å². The zero-order valence-electron chi connectivity index (χ0n) is 11.0. The fourth-order valence-electron chi connectivity index (χ4n) is 1.63. The smallest absolute Gasteiger partial charge is 0.221 e. The Morgan fingerprint density at radius 3 is 2.78 bits per heavy atom. The van der Waals surface area contributed by atoms with Crippen molar-refractivity contribution in [1.82, 2.24) is 5.32 Å². The maximum Gasteiger partial charge on any atom is 0.221 e. The SMILES string of the molecule is CC(=O)Nc1cccc(C(C)NCCS(C)=O)c1. The van der Waals surface area contributed by atoms with E-state index >= 15 is 0 Å². The average Bonchev–Trinajstić information content (AvgIpc) is 2.27. The monoisotopic (exact) mass is 268 g/mol. The van der Waals surface area contributed by atoms with E-state index in [1.807, 2.05) is 31.2 Å². The van der Waals surface area contributed by atoms with E-state index in [1.54, 1.807) is 6.26 Å². The van der Waals surface area contributed by atoms with Gasteiger partial charge in [-0.2, -0.15) is 0 Å². The van der Waals surface area contributed by atoms with Crippen LogP contribution in [-0.2, 0) is 15.6 Å². The summed E-state index contributed by atoms with van der Waals surface area (Å²) in [7, 11) is -0.770. The van der Waals surface area contributed by atoms with Crippen LogP contribution >= 0.6 is 0 Å². The summed E-state index contributed by atoms with van der Waals surface area (Å²) in [6, 6.07) is 7.89. The molecule has 0 saturated carbocycles. The van der Waals surface area contributed by atoms with Crippen molar-refractivity contribution in [3.63, 3.8) is 0 Å². The minimum atomic E-state index is -0.770. The lowest BCUT2D eigenvalue weighted by Crippen LogP contribution is -2.23. The predicted molar refractivity (Wildman–Crippen MR) is 76.1 cm³/mol. The Morgan fingerprint density at radius 1 is 1.44 bits per heavy atom. The average molecular weight is 268 g/mol. The van der Waals surface area contributed by atoms with Gasteiger partial charge >= 0.3 is 0 Å². The fraction of sp³-hybridized carbons (Fsp3) is 0.462. The number of benzene rings is 1. The first kappa shape index (κ1) is 14.9. The molecule has 1 aromatic rings. The van der Waals surface area contributed by atoms with E-state index < -0.39 is 10.8 Å². The van der Waals surface area contributed by atoms with Crippen LogP contribution in [0.4, 0.5) is 5.69 Å². The molecule has 0 bridgehead atoms. The Labute approximate surface area is 111 Å². The van der Waals surface area contributed by atoms with Crippen molar-refractivity contribution < 1.29 is 9.00 Å². The van der Waals surface area contributed by atoms with Gasteiger partial charge in [-0.1, -0.05) is 12.1 Å². The van der Waals surface area contributed by atoms with Gasteiger partial charge in [-0.15, -0.1) is 0 Å².